The van der Waals surface area contributed by atoms with Gasteiger partial charge in [0.25, 0.3) is 0 Å². The molecule has 0 aliphatic rings. The number of alkyl halides is 1. The van der Waals surface area contributed by atoms with Gasteiger partial charge in [-0.05, 0) is 24.0 Å². The number of para-hydroxylation sites is 1. The molecule has 0 saturated carbocycles. The zero-order valence-corrected chi connectivity index (χ0v) is 10.7. The fraction of sp³-hybridized carbons (Fsp3) is 0.417. The molecule has 82 valence electrons. The topological polar surface area (TPSA) is 29.1 Å². The summed E-state index contributed by atoms with van der Waals surface area (Å²) >= 11 is 3.15. The predicted octanol–water partition coefficient (Wildman–Crippen LogP) is 3.14. The van der Waals surface area contributed by atoms with Gasteiger partial charge in [0.1, 0.15) is 0 Å². The second kappa shape index (κ2) is 5.91. The van der Waals surface area contributed by atoms with Crippen molar-refractivity contribution in [1.29, 1.82) is 0 Å². The molecule has 0 bridgehead atoms. The highest BCUT2D eigenvalue weighted by Gasteiger charge is 2.08. The fourth-order valence-electron chi connectivity index (χ4n) is 1.58. The quantitative estimate of drug-likeness (QED) is 0.837. The Hall–Kier alpha value is -0.830. The van der Waals surface area contributed by atoms with Crippen molar-refractivity contribution in [3.05, 3.63) is 29.3 Å². The van der Waals surface area contributed by atoms with Gasteiger partial charge in [-0.2, -0.15) is 0 Å². The summed E-state index contributed by atoms with van der Waals surface area (Å²) in [6, 6.07) is 6.16. The summed E-state index contributed by atoms with van der Waals surface area (Å²) in [4.78, 5) is 11.4. The third-order valence-electron chi connectivity index (χ3n) is 2.38. The molecule has 0 unspecified atom stereocenters. The lowest BCUT2D eigenvalue weighted by Gasteiger charge is -2.13. The monoisotopic (exact) mass is 269 g/mol. The first-order valence-electron chi connectivity index (χ1n) is 5.19. The molecule has 0 heterocycles. The number of hydrogen-bond acceptors (Lipinski definition) is 1. The van der Waals surface area contributed by atoms with E-state index in [0.717, 1.165) is 18.5 Å². The molecule has 0 aliphatic carbocycles. The first-order valence-corrected chi connectivity index (χ1v) is 6.31. The van der Waals surface area contributed by atoms with Crippen LogP contribution in [-0.4, -0.2) is 11.2 Å². The maximum Gasteiger partial charge on any atom is 0.235 e. The zero-order valence-electron chi connectivity index (χ0n) is 9.14. The van der Waals surface area contributed by atoms with Gasteiger partial charge in [0.05, 0.1) is 5.33 Å². The smallest absolute Gasteiger partial charge is 0.235 e. The van der Waals surface area contributed by atoms with E-state index < -0.39 is 0 Å². The number of carbonyl (C=O) groups excluding carboxylic acids is 1. The number of hydrogen-bond donors (Lipinski definition) is 1. The standard InChI is InChI=1S/C12H16BrNO/c1-3-9-6-5-7-10(4-2)12(9)14-11(15)8-13/h5-7H,3-4,8H2,1-2H3,(H,14,15). The molecule has 15 heavy (non-hydrogen) atoms. The molecule has 0 aliphatic heterocycles. The van der Waals surface area contributed by atoms with E-state index in [-0.39, 0.29) is 5.91 Å². The van der Waals surface area contributed by atoms with Gasteiger partial charge < -0.3 is 5.32 Å². The third-order valence-corrected chi connectivity index (χ3v) is 2.89. The van der Waals surface area contributed by atoms with Gasteiger partial charge in [0.15, 0.2) is 0 Å². The van der Waals surface area contributed by atoms with Crippen molar-refractivity contribution >= 4 is 27.5 Å². The molecular weight excluding hydrogens is 254 g/mol. The minimum absolute atomic E-state index is 0.00519. The number of carbonyl (C=O) groups is 1. The molecule has 1 amide bonds. The van der Waals surface area contributed by atoms with Crippen molar-refractivity contribution in [3.63, 3.8) is 0 Å². The highest BCUT2D eigenvalue weighted by atomic mass is 79.9. The highest BCUT2D eigenvalue weighted by Crippen LogP contribution is 2.22. The summed E-state index contributed by atoms with van der Waals surface area (Å²) in [5, 5.41) is 3.29. The van der Waals surface area contributed by atoms with E-state index >= 15 is 0 Å². The summed E-state index contributed by atoms with van der Waals surface area (Å²) in [6.07, 6.45) is 1.87. The number of halogens is 1. The van der Waals surface area contributed by atoms with Gasteiger partial charge in [0.2, 0.25) is 5.91 Å². The molecule has 1 aromatic rings. The minimum atomic E-state index is 0.00519. The lowest BCUT2D eigenvalue weighted by atomic mass is 10.0. The van der Waals surface area contributed by atoms with Crippen LogP contribution >= 0.6 is 15.9 Å². The number of benzene rings is 1. The van der Waals surface area contributed by atoms with Gasteiger partial charge in [-0.15, -0.1) is 0 Å². The molecule has 1 aromatic carbocycles. The SMILES string of the molecule is CCc1cccc(CC)c1NC(=O)CBr. The average molecular weight is 270 g/mol. The summed E-state index contributed by atoms with van der Waals surface area (Å²) in [7, 11) is 0. The third kappa shape index (κ3) is 3.06. The van der Waals surface area contributed by atoms with Gasteiger partial charge in [-0.3, -0.25) is 4.79 Å². The van der Waals surface area contributed by atoms with E-state index in [1.54, 1.807) is 0 Å². The van der Waals surface area contributed by atoms with Crippen LogP contribution < -0.4 is 5.32 Å². The molecule has 1 N–H and O–H groups in total. The molecule has 0 fully saturated rings. The highest BCUT2D eigenvalue weighted by molar-refractivity contribution is 9.09. The molecule has 3 heteroatoms. The lowest BCUT2D eigenvalue weighted by molar-refractivity contribution is -0.113. The number of amides is 1. The van der Waals surface area contributed by atoms with Gasteiger partial charge in [0, 0.05) is 5.69 Å². The summed E-state index contributed by atoms with van der Waals surface area (Å²) in [5.41, 5.74) is 3.39. The van der Waals surface area contributed by atoms with Crippen molar-refractivity contribution in [2.75, 3.05) is 10.6 Å². The zero-order chi connectivity index (χ0) is 11.3. The lowest BCUT2D eigenvalue weighted by Crippen LogP contribution is -2.15. The van der Waals surface area contributed by atoms with Gasteiger partial charge in [-0.25, -0.2) is 0 Å². The average Bonchev–Trinajstić information content (AvgIpc) is 2.29. The van der Waals surface area contributed by atoms with Crippen LogP contribution in [0.1, 0.15) is 25.0 Å². The Morgan fingerprint density at radius 2 is 1.80 bits per heavy atom. The van der Waals surface area contributed by atoms with Crippen LogP contribution in [-0.2, 0) is 17.6 Å². The summed E-state index contributed by atoms with van der Waals surface area (Å²) < 4.78 is 0. The molecule has 1 rings (SSSR count). The fourth-order valence-corrected chi connectivity index (χ4v) is 1.72. The summed E-state index contributed by atoms with van der Waals surface area (Å²) in [6.45, 7) is 4.19. The van der Waals surface area contributed by atoms with E-state index in [1.807, 2.05) is 6.07 Å². The van der Waals surface area contributed by atoms with Crippen molar-refractivity contribution < 1.29 is 4.79 Å². The molecule has 2 nitrogen and oxygen atoms in total. The van der Waals surface area contributed by atoms with E-state index in [9.17, 15) is 4.79 Å². The van der Waals surface area contributed by atoms with E-state index in [4.69, 9.17) is 0 Å². The maximum absolute atomic E-state index is 11.4. The Labute approximate surface area is 99.2 Å². The molecule has 0 atom stereocenters. The van der Waals surface area contributed by atoms with Crippen LogP contribution in [0.3, 0.4) is 0 Å². The van der Waals surface area contributed by atoms with E-state index in [1.165, 1.54) is 11.1 Å². The molecule has 0 radical (unpaired) electrons. The molecular formula is C12H16BrNO. The van der Waals surface area contributed by atoms with Crippen molar-refractivity contribution in [3.8, 4) is 0 Å². The second-order valence-electron chi connectivity index (χ2n) is 3.34. The number of nitrogens with one attached hydrogen (secondary N) is 1. The van der Waals surface area contributed by atoms with Crippen LogP contribution in [0.4, 0.5) is 5.69 Å². The largest absolute Gasteiger partial charge is 0.325 e. The minimum Gasteiger partial charge on any atom is -0.325 e. The summed E-state index contributed by atoms with van der Waals surface area (Å²) in [5.74, 6) is 0.00519. The van der Waals surface area contributed by atoms with Crippen LogP contribution in [0.2, 0.25) is 0 Å². The Morgan fingerprint density at radius 3 is 2.20 bits per heavy atom. The molecule has 0 aromatic heterocycles. The Bertz CT molecular complexity index is 327. The second-order valence-corrected chi connectivity index (χ2v) is 3.90. The Kier molecular flexibility index (Phi) is 4.82. The van der Waals surface area contributed by atoms with E-state index in [2.05, 4.69) is 47.2 Å². The normalized spacial score (nSPS) is 10.1. The molecule has 0 saturated heterocycles. The number of anilines is 1. The van der Waals surface area contributed by atoms with Gasteiger partial charge >= 0.3 is 0 Å². The van der Waals surface area contributed by atoms with E-state index in [0.29, 0.717) is 5.33 Å². The van der Waals surface area contributed by atoms with Crippen molar-refractivity contribution in [1.82, 2.24) is 0 Å². The van der Waals surface area contributed by atoms with Crippen LogP contribution in [0.25, 0.3) is 0 Å². The number of aryl methyl sites for hydroxylation is 2. The van der Waals surface area contributed by atoms with Crippen LogP contribution in [0.5, 0.6) is 0 Å². The first-order chi connectivity index (χ1) is 7.22. The van der Waals surface area contributed by atoms with Crippen molar-refractivity contribution in [2.45, 2.75) is 26.7 Å². The van der Waals surface area contributed by atoms with Crippen molar-refractivity contribution in [2.24, 2.45) is 0 Å². The first kappa shape index (κ1) is 12.2. The Balaban J connectivity index is 3.05. The van der Waals surface area contributed by atoms with Crippen LogP contribution in [0.15, 0.2) is 18.2 Å². The van der Waals surface area contributed by atoms with Crippen LogP contribution in [0, 0.1) is 0 Å². The maximum atomic E-state index is 11.4. The van der Waals surface area contributed by atoms with Gasteiger partial charge in [-0.1, -0.05) is 48.0 Å². The molecule has 0 spiro atoms. The Morgan fingerprint density at radius 1 is 1.27 bits per heavy atom. The predicted molar refractivity (Wildman–Crippen MR) is 67.6 cm³/mol. The number of rotatable bonds is 4.